The zero-order valence-electron chi connectivity index (χ0n) is 7.96. The van der Waals surface area contributed by atoms with Crippen LogP contribution in [0.2, 0.25) is 25.2 Å². The minimum atomic E-state index is -1.22. The van der Waals surface area contributed by atoms with Gasteiger partial charge in [-0.3, -0.25) is 0 Å². The molecule has 0 spiro atoms. The Labute approximate surface area is 70.3 Å². The van der Waals surface area contributed by atoms with Gasteiger partial charge in [0.2, 0.25) is 0 Å². The molecular formula is C8H20O2Si. The number of aliphatic hydroxyl groups excluding tert-OH is 2. The van der Waals surface area contributed by atoms with Crippen LogP contribution in [0.1, 0.15) is 13.3 Å². The number of hydrogen-bond acceptors (Lipinski definition) is 2. The molecule has 0 fully saturated rings. The molecule has 0 amide bonds. The molecule has 0 aromatic rings. The summed E-state index contributed by atoms with van der Waals surface area (Å²) in [4.78, 5) is 0. The first kappa shape index (κ1) is 11.1. The molecule has 2 nitrogen and oxygen atoms in total. The highest BCUT2D eigenvalue weighted by Crippen LogP contribution is 2.25. The van der Waals surface area contributed by atoms with Gasteiger partial charge < -0.3 is 10.2 Å². The van der Waals surface area contributed by atoms with Crippen molar-refractivity contribution in [3.05, 3.63) is 0 Å². The minimum absolute atomic E-state index is 0.0932. The van der Waals surface area contributed by atoms with Crippen LogP contribution >= 0.6 is 0 Å². The van der Waals surface area contributed by atoms with Crippen molar-refractivity contribution in [2.75, 3.05) is 6.61 Å². The minimum Gasteiger partial charge on any atom is -0.396 e. The third kappa shape index (κ3) is 3.89. The fraction of sp³-hybridized carbons (Fsp3) is 1.00. The molecule has 11 heavy (non-hydrogen) atoms. The molecule has 0 aliphatic heterocycles. The van der Waals surface area contributed by atoms with E-state index in [2.05, 4.69) is 26.6 Å². The van der Waals surface area contributed by atoms with Crippen molar-refractivity contribution < 1.29 is 10.2 Å². The van der Waals surface area contributed by atoms with Gasteiger partial charge in [0.1, 0.15) is 0 Å². The largest absolute Gasteiger partial charge is 0.396 e. The Bertz CT molecular complexity index is 109. The Morgan fingerprint density at radius 2 is 1.73 bits per heavy atom. The van der Waals surface area contributed by atoms with Gasteiger partial charge in [0, 0.05) is 14.7 Å². The average Bonchev–Trinajstić information content (AvgIpc) is 1.85. The lowest BCUT2D eigenvalue weighted by Gasteiger charge is -2.29. The van der Waals surface area contributed by atoms with Gasteiger partial charge in [-0.2, -0.15) is 0 Å². The summed E-state index contributed by atoms with van der Waals surface area (Å²) in [6.45, 7) is 8.87. The number of aliphatic hydroxyl groups is 2. The fourth-order valence-corrected chi connectivity index (χ4v) is 2.28. The van der Waals surface area contributed by atoms with E-state index in [4.69, 9.17) is 5.11 Å². The summed E-state index contributed by atoms with van der Waals surface area (Å²) >= 11 is 0. The van der Waals surface area contributed by atoms with Crippen LogP contribution in [-0.4, -0.2) is 31.0 Å². The van der Waals surface area contributed by atoms with E-state index in [-0.39, 0.29) is 12.7 Å². The second-order valence-electron chi connectivity index (χ2n) is 4.23. The molecule has 2 unspecified atom stereocenters. The first-order valence-electron chi connectivity index (χ1n) is 4.18. The van der Waals surface area contributed by atoms with Gasteiger partial charge in [-0.1, -0.05) is 26.6 Å². The summed E-state index contributed by atoms with van der Waals surface area (Å²) in [5.41, 5.74) is 0.370. The first-order chi connectivity index (χ1) is 4.89. The predicted molar refractivity (Wildman–Crippen MR) is 50.5 cm³/mol. The molecule has 0 bridgehead atoms. The van der Waals surface area contributed by atoms with Crippen LogP contribution in [0.4, 0.5) is 0 Å². The van der Waals surface area contributed by atoms with Gasteiger partial charge in [0.05, 0.1) is 6.10 Å². The van der Waals surface area contributed by atoms with E-state index in [9.17, 15) is 5.11 Å². The van der Waals surface area contributed by atoms with Crippen molar-refractivity contribution in [1.29, 1.82) is 0 Å². The highest BCUT2D eigenvalue weighted by atomic mass is 28.3. The second kappa shape index (κ2) is 4.23. The maximum atomic E-state index is 9.53. The van der Waals surface area contributed by atoms with Gasteiger partial charge in [0.15, 0.2) is 0 Å². The van der Waals surface area contributed by atoms with E-state index in [0.717, 1.165) is 0 Å². The van der Waals surface area contributed by atoms with E-state index in [1.165, 1.54) is 0 Å². The van der Waals surface area contributed by atoms with E-state index >= 15 is 0 Å². The van der Waals surface area contributed by atoms with Crippen molar-refractivity contribution in [2.45, 2.75) is 44.6 Å². The summed E-state index contributed by atoms with van der Waals surface area (Å²) in [5, 5.41) is 18.1. The SMILES string of the molecule is CC(C(O)CCO)[Si](C)(C)C. The molecule has 0 heterocycles. The maximum absolute atomic E-state index is 9.53. The van der Waals surface area contributed by atoms with Gasteiger partial charge in [-0.25, -0.2) is 0 Å². The van der Waals surface area contributed by atoms with Gasteiger partial charge >= 0.3 is 0 Å². The van der Waals surface area contributed by atoms with E-state index in [1.807, 2.05) is 0 Å². The van der Waals surface area contributed by atoms with Crippen LogP contribution in [0.25, 0.3) is 0 Å². The zero-order chi connectivity index (χ0) is 9.07. The second-order valence-corrected chi connectivity index (χ2v) is 9.88. The van der Waals surface area contributed by atoms with Crippen LogP contribution in [0, 0.1) is 0 Å². The van der Waals surface area contributed by atoms with Crippen LogP contribution in [0.15, 0.2) is 0 Å². The molecule has 2 atom stereocenters. The molecule has 0 aromatic carbocycles. The van der Waals surface area contributed by atoms with Gasteiger partial charge in [0.25, 0.3) is 0 Å². The quantitative estimate of drug-likeness (QED) is 0.637. The third-order valence-corrected chi connectivity index (χ3v) is 5.48. The third-order valence-electron chi connectivity index (χ3n) is 2.37. The van der Waals surface area contributed by atoms with Crippen LogP contribution in [0.3, 0.4) is 0 Å². The summed E-state index contributed by atoms with van der Waals surface area (Å²) in [5.74, 6) is 0. The average molecular weight is 176 g/mol. The van der Waals surface area contributed by atoms with Crippen molar-refractivity contribution in [3.63, 3.8) is 0 Å². The van der Waals surface area contributed by atoms with Crippen molar-refractivity contribution in [2.24, 2.45) is 0 Å². The molecule has 0 aromatic heterocycles. The van der Waals surface area contributed by atoms with Gasteiger partial charge in [-0.05, 0) is 12.0 Å². The van der Waals surface area contributed by atoms with E-state index < -0.39 is 8.07 Å². The Morgan fingerprint density at radius 3 is 2.00 bits per heavy atom. The highest BCUT2D eigenvalue weighted by Gasteiger charge is 2.27. The Hall–Kier alpha value is 0.137. The van der Waals surface area contributed by atoms with Crippen LogP contribution in [-0.2, 0) is 0 Å². The molecule has 0 aliphatic carbocycles. The molecule has 0 rings (SSSR count). The predicted octanol–water partition coefficient (Wildman–Crippen LogP) is 1.46. The van der Waals surface area contributed by atoms with Gasteiger partial charge in [-0.15, -0.1) is 0 Å². The van der Waals surface area contributed by atoms with Crippen molar-refractivity contribution >= 4 is 8.07 Å². The molecule has 68 valence electrons. The van der Waals surface area contributed by atoms with Crippen molar-refractivity contribution in [3.8, 4) is 0 Å². The van der Waals surface area contributed by atoms with Crippen molar-refractivity contribution in [1.82, 2.24) is 0 Å². The highest BCUT2D eigenvalue weighted by molar-refractivity contribution is 6.77. The molecule has 0 radical (unpaired) electrons. The molecule has 0 saturated carbocycles. The van der Waals surface area contributed by atoms with E-state index in [0.29, 0.717) is 12.0 Å². The Kier molecular flexibility index (Phi) is 4.29. The molecule has 0 saturated heterocycles. The summed E-state index contributed by atoms with van der Waals surface area (Å²) in [6.07, 6.45) is 0.206. The number of hydrogen-bond donors (Lipinski definition) is 2. The van der Waals surface area contributed by atoms with Crippen LogP contribution < -0.4 is 0 Å². The molecule has 3 heteroatoms. The summed E-state index contributed by atoms with van der Waals surface area (Å²) in [7, 11) is -1.22. The zero-order valence-corrected chi connectivity index (χ0v) is 8.96. The standard InChI is InChI=1S/C8H20O2Si/c1-7(11(2,3)4)8(10)5-6-9/h7-10H,5-6H2,1-4H3. The first-order valence-corrected chi connectivity index (χ1v) is 7.76. The molecule has 2 N–H and O–H groups in total. The normalized spacial score (nSPS) is 18.0. The summed E-state index contributed by atoms with van der Waals surface area (Å²) < 4.78 is 0. The fourth-order valence-electron chi connectivity index (χ4n) is 0.959. The monoisotopic (exact) mass is 176 g/mol. The number of rotatable bonds is 4. The lowest BCUT2D eigenvalue weighted by molar-refractivity contribution is 0.128. The van der Waals surface area contributed by atoms with E-state index in [1.54, 1.807) is 0 Å². The lowest BCUT2D eigenvalue weighted by atomic mass is 10.2. The smallest absolute Gasteiger partial charge is 0.0564 e. The maximum Gasteiger partial charge on any atom is 0.0564 e. The Balaban J connectivity index is 3.91. The summed E-state index contributed by atoms with van der Waals surface area (Å²) in [6, 6.07) is 0. The molecular weight excluding hydrogens is 156 g/mol. The Morgan fingerprint density at radius 1 is 1.27 bits per heavy atom. The van der Waals surface area contributed by atoms with Crippen LogP contribution in [0.5, 0.6) is 0 Å². The lowest BCUT2D eigenvalue weighted by Crippen LogP contribution is -2.34. The molecule has 0 aliphatic rings. The topological polar surface area (TPSA) is 40.5 Å².